The number of nitrogens with one attached hydrogen (secondary N) is 1. The summed E-state index contributed by atoms with van der Waals surface area (Å²) in [6, 6.07) is 14.9. The van der Waals surface area contributed by atoms with E-state index in [1.165, 1.54) is 34.6 Å². The molecule has 0 spiro atoms. The van der Waals surface area contributed by atoms with Gasteiger partial charge in [0.25, 0.3) is 5.91 Å². The lowest BCUT2D eigenvalue weighted by atomic mass is 10.1. The number of halogens is 4. The molecule has 0 atom stereocenters. The minimum atomic E-state index is -4.53. The number of pyridine rings is 1. The van der Waals surface area contributed by atoms with Crippen LogP contribution in [-0.4, -0.2) is 25.6 Å². The second kappa shape index (κ2) is 9.80. The van der Waals surface area contributed by atoms with E-state index >= 15 is 0 Å². The van der Waals surface area contributed by atoms with Gasteiger partial charge in [0.2, 0.25) is 10.0 Å². The largest absolute Gasteiger partial charge is 0.433 e. The maximum Gasteiger partial charge on any atom is 0.433 e. The molecule has 0 radical (unpaired) electrons. The van der Waals surface area contributed by atoms with Gasteiger partial charge < -0.3 is 5.32 Å². The third-order valence-electron chi connectivity index (χ3n) is 4.66. The van der Waals surface area contributed by atoms with Crippen molar-refractivity contribution in [2.75, 3.05) is 10.6 Å². The van der Waals surface area contributed by atoms with Crippen LogP contribution in [0.15, 0.2) is 66.9 Å². The van der Waals surface area contributed by atoms with E-state index in [-0.39, 0.29) is 18.7 Å². The SMILES string of the molecule is CS(=O)(=O)N(Cc1ccccc1Cl)c1ccc(C(=O)NCc2ccc(C(F)(F)F)nc2)cc1. The minimum Gasteiger partial charge on any atom is -0.348 e. The number of rotatable bonds is 7. The molecule has 0 unspecified atom stereocenters. The number of hydrogen-bond donors (Lipinski definition) is 1. The zero-order valence-electron chi connectivity index (χ0n) is 17.3. The van der Waals surface area contributed by atoms with Crippen molar-refractivity contribution in [3.63, 3.8) is 0 Å². The van der Waals surface area contributed by atoms with Crippen LogP contribution in [0.1, 0.15) is 27.2 Å². The van der Waals surface area contributed by atoms with Crippen molar-refractivity contribution in [1.82, 2.24) is 10.3 Å². The smallest absolute Gasteiger partial charge is 0.348 e. The highest BCUT2D eigenvalue weighted by atomic mass is 35.5. The number of carbonyl (C=O) groups is 1. The molecule has 174 valence electrons. The molecule has 0 aliphatic rings. The lowest BCUT2D eigenvalue weighted by Crippen LogP contribution is -2.29. The van der Waals surface area contributed by atoms with Gasteiger partial charge in [0, 0.05) is 23.3 Å². The van der Waals surface area contributed by atoms with Crippen molar-refractivity contribution in [2.45, 2.75) is 19.3 Å². The fraction of sp³-hybridized carbons (Fsp3) is 0.182. The molecule has 2 aromatic carbocycles. The van der Waals surface area contributed by atoms with E-state index in [9.17, 15) is 26.4 Å². The van der Waals surface area contributed by atoms with Crippen molar-refractivity contribution in [1.29, 1.82) is 0 Å². The van der Waals surface area contributed by atoms with Crippen LogP contribution in [0.5, 0.6) is 0 Å². The summed E-state index contributed by atoms with van der Waals surface area (Å²) in [5.41, 5.74) is 0.610. The molecular formula is C22H19ClF3N3O3S. The number of hydrogen-bond acceptors (Lipinski definition) is 4. The Hall–Kier alpha value is -3.11. The topological polar surface area (TPSA) is 79.4 Å². The van der Waals surface area contributed by atoms with Crippen LogP contribution in [0, 0.1) is 0 Å². The molecule has 1 aromatic heterocycles. The first kappa shape index (κ1) is 24.5. The average Bonchev–Trinajstić information content (AvgIpc) is 2.76. The molecule has 0 saturated heterocycles. The average molecular weight is 498 g/mol. The summed E-state index contributed by atoms with van der Waals surface area (Å²) in [6.45, 7) is -0.00133. The Kier molecular flexibility index (Phi) is 7.28. The molecule has 3 rings (SSSR count). The van der Waals surface area contributed by atoms with Crippen molar-refractivity contribution >= 4 is 33.2 Å². The van der Waals surface area contributed by atoms with Gasteiger partial charge in [0.15, 0.2) is 0 Å². The molecule has 0 fully saturated rings. The Labute approximate surface area is 194 Å². The van der Waals surface area contributed by atoms with E-state index in [0.29, 0.717) is 21.8 Å². The lowest BCUT2D eigenvalue weighted by Gasteiger charge is -2.23. The normalized spacial score (nSPS) is 11.8. The number of sulfonamides is 1. The number of benzene rings is 2. The van der Waals surface area contributed by atoms with Gasteiger partial charge >= 0.3 is 6.18 Å². The van der Waals surface area contributed by atoms with Crippen LogP contribution < -0.4 is 9.62 Å². The van der Waals surface area contributed by atoms with Gasteiger partial charge in [-0.2, -0.15) is 13.2 Å². The van der Waals surface area contributed by atoms with Gasteiger partial charge in [-0.1, -0.05) is 35.9 Å². The highest BCUT2D eigenvalue weighted by Crippen LogP contribution is 2.27. The standard InChI is InChI=1S/C22H19ClF3N3O3S/c1-33(31,32)29(14-17-4-2-3-5-19(17)23)18-9-7-16(8-10-18)21(30)28-13-15-6-11-20(27-12-15)22(24,25)26/h2-12H,13-14H2,1H3,(H,28,30). The first-order valence-electron chi connectivity index (χ1n) is 9.56. The molecule has 33 heavy (non-hydrogen) atoms. The number of nitrogens with zero attached hydrogens (tertiary/aromatic N) is 2. The molecule has 0 aliphatic carbocycles. The Balaban J connectivity index is 1.70. The van der Waals surface area contributed by atoms with E-state index in [2.05, 4.69) is 10.3 Å². The predicted molar refractivity (Wildman–Crippen MR) is 119 cm³/mol. The third-order valence-corrected chi connectivity index (χ3v) is 6.17. The molecular weight excluding hydrogens is 479 g/mol. The molecule has 1 amide bonds. The van der Waals surface area contributed by atoms with Gasteiger partial charge in [-0.15, -0.1) is 0 Å². The molecule has 0 saturated carbocycles. The first-order chi connectivity index (χ1) is 15.4. The van der Waals surface area contributed by atoms with Gasteiger partial charge in [-0.3, -0.25) is 14.1 Å². The van der Waals surface area contributed by atoms with Gasteiger partial charge in [0.05, 0.1) is 18.5 Å². The van der Waals surface area contributed by atoms with Crippen LogP contribution >= 0.6 is 11.6 Å². The van der Waals surface area contributed by atoms with E-state index in [4.69, 9.17) is 11.6 Å². The van der Waals surface area contributed by atoms with Crippen LogP contribution in [0.2, 0.25) is 5.02 Å². The van der Waals surface area contributed by atoms with Crippen LogP contribution in [0.25, 0.3) is 0 Å². The van der Waals surface area contributed by atoms with Crippen molar-refractivity contribution < 1.29 is 26.4 Å². The Morgan fingerprint density at radius 2 is 1.73 bits per heavy atom. The molecule has 1 heterocycles. The lowest BCUT2D eigenvalue weighted by molar-refractivity contribution is -0.141. The van der Waals surface area contributed by atoms with Crippen LogP contribution in [0.4, 0.5) is 18.9 Å². The molecule has 0 bridgehead atoms. The molecule has 11 heteroatoms. The summed E-state index contributed by atoms with van der Waals surface area (Å²) in [5, 5.41) is 3.02. The Morgan fingerprint density at radius 3 is 2.27 bits per heavy atom. The van der Waals surface area contributed by atoms with E-state index in [0.717, 1.165) is 18.5 Å². The maximum atomic E-state index is 12.6. The quantitative estimate of drug-likeness (QED) is 0.515. The number of aromatic nitrogens is 1. The zero-order chi connectivity index (χ0) is 24.2. The molecule has 1 N–H and O–H groups in total. The minimum absolute atomic E-state index is 0.0188. The van der Waals surface area contributed by atoms with E-state index < -0.39 is 27.8 Å². The number of anilines is 1. The summed E-state index contributed by atoms with van der Waals surface area (Å²) in [7, 11) is -3.64. The van der Waals surface area contributed by atoms with Crippen LogP contribution in [0.3, 0.4) is 0 Å². The van der Waals surface area contributed by atoms with E-state index in [1.807, 2.05) is 0 Å². The zero-order valence-corrected chi connectivity index (χ0v) is 18.9. The molecule has 0 aliphatic heterocycles. The van der Waals surface area contributed by atoms with Crippen LogP contribution in [-0.2, 0) is 29.3 Å². The van der Waals surface area contributed by atoms with Crippen molar-refractivity contribution in [3.05, 3.63) is 94.3 Å². The Bertz CT molecular complexity index is 1230. The van der Waals surface area contributed by atoms with Gasteiger partial charge in [-0.05, 0) is 47.5 Å². The monoisotopic (exact) mass is 497 g/mol. The van der Waals surface area contributed by atoms with Gasteiger partial charge in [-0.25, -0.2) is 8.42 Å². The number of amides is 1. The number of carbonyl (C=O) groups excluding carboxylic acids is 1. The fourth-order valence-electron chi connectivity index (χ4n) is 2.94. The first-order valence-corrected chi connectivity index (χ1v) is 11.8. The highest BCUT2D eigenvalue weighted by Gasteiger charge is 2.32. The fourth-order valence-corrected chi connectivity index (χ4v) is 4.02. The summed E-state index contributed by atoms with van der Waals surface area (Å²) in [6.07, 6.45) is -2.41. The summed E-state index contributed by atoms with van der Waals surface area (Å²) < 4.78 is 63.6. The second-order valence-corrected chi connectivity index (χ2v) is 9.45. The number of alkyl halides is 3. The molecule has 3 aromatic rings. The summed E-state index contributed by atoms with van der Waals surface area (Å²) in [5.74, 6) is -0.474. The maximum absolute atomic E-state index is 12.6. The second-order valence-electron chi connectivity index (χ2n) is 7.14. The van der Waals surface area contributed by atoms with Crippen molar-refractivity contribution in [2.24, 2.45) is 0 Å². The summed E-state index contributed by atoms with van der Waals surface area (Å²) in [4.78, 5) is 15.7. The van der Waals surface area contributed by atoms with Gasteiger partial charge in [0.1, 0.15) is 5.69 Å². The van der Waals surface area contributed by atoms with Crippen molar-refractivity contribution in [3.8, 4) is 0 Å². The Morgan fingerprint density at radius 1 is 1.06 bits per heavy atom. The summed E-state index contributed by atoms with van der Waals surface area (Å²) >= 11 is 6.15. The third kappa shape index (κ3) is 6.45. The predicted octanol–water partition coefficient (Wildman–Crippen LogP) is 4.65. The highest BCUT2D eigenvalue weighted by molar-refractivity contribution is 7.92. The van der Waals surface area contributed by atoms with E-state index in [1.54, 1.807) is 24.3 Å². The molecule has 6 nitrogen and oxygen atoms in total.